The number of amides is 3. The summed E-state index contributed by atoms with van der Waals surface area (Å²) in [6.45, 7) is 6.95. The van der Waals surface area contributed by atoms with Crippen molar-refractivity contribution in [2.75, 3.05) is 43.7 Å². The fourth-order valence-corrected chi connectivity index (χ4v) is 5.78. The summed E-state index contributed by atoms with van der Waals surface area (Å²) in [6.07, 6.45) is 1.43. The number of carbonyl (C=O) groups is 5. The molecule has 0 fully saturated rings. The lowest BCUT2D eigenvalue weighted by Crippen LogP contribution is -2.56. The standard InChI is InChI=1S/C37H47N5O8/c1-23(39-20-33(44)50-37(2,3)4)34(45)40-28-22-41(32(43)13-9-10-18-38)29-11-7-8-12-30(29)42(35(28)46)21-27-26-16-14-25(36(47)49-6)19-24(26)15-17-31(27)48-5/h7-8,11-12,14-17,19,23,28,39H,9-10,13,18,20-22,38H2,1-6H3,(H,40,45)/t23?,28-/m0/s1. The summed E-state index contributed by atoms with van der Waals surface area (Å²) >= 11 is 0. The predicted molar refractivity (Wildman–Crippen MR) is 190 cm³/mol. The largest absolute Gasteiger partial charge is 0.496 e. The van der Waals surface area contributed by atoms with Gasteiger partial charge >= 0.3 is 11.9 Å². The molecule has 1 aliphatic heterocycles. The van der Waals surface area contributed by atoms with Crippen molar-refractivity contribution in [3.63, 3.8) is 0 Å². The van der Waals surface area contributed by atoms with E-state index in [1.165, 1.54) is 24.0 Å². The van der Waals surface area contributed by atoms with E-state index in [1.807, 2.05) is 6.07 Å². The van der Waals surface area contributed by atoms with Crippen LogP contribution >= 0.6 is 0 Å². The molecular formula is C37H47N5O8. The minimum atomic E-state index is -1.15. The van der Waals surface area contributed by atoms with E-state index in [2.05, 4.69) is 10.6 Å². The third-order valence-electron chi connectivity index (χ3n) is 8.27. The lowest BCUT2D eigenvalue weighted by Gasteiger charge is -2.27. The van der Waals surface area contributed by atoms with Gasteiger partial charge in [-0.05, 0) is 88.2 Å². The first-order chi connectivity index (χ1) is 23.8. The number of rotatable bonds is 13. The molecule has 4 rings (SSSR count). The average molecular weight is 690 g/mol. The number of nitrogens with zero attached hydrogens (tertiary/aromatic N) is 2. The Bertz CT molecular complexity index is 1740. The highest BCUT2D eigenvalue weighted by Gasteiger charge is 2.38. The molecule has 13 heteroatoms. The molecule has 3 aromatic carbocycles. The number of methoxy groups -OCH3 is 2. The number of ether oxygens (including phenoxy) is 3. The molecule has 1 aliphatic rings. The van der Waals surface area contributed by atoms with Crippen LogP contribution in [0.15, 0.2) is 54.6 Å². The maximum Gasteiger partial charge on any atom is 0.337 e. The molecule has 3 aromatic rings. The van der Waals surface area contributed by atoms with Gasteiger partial charge in [0.25, 0.3) is 5.91 Å². The van der Waals surface area contributed by atoms with Gasteiger partial charge in [-0.15, -0.1) is 0 Å². The Kier molecular flexibility index (Phi) is 12.5. The third-order valence-corrected chi connectivity index (χ3v) is 8.27. The summed E-state index contributed by atoms with van der Waals surface area (Å²) in [5.41, 5.74) is 7.01. The van der Waals surface area contributed by atoms with E-state index >= 15 is 0 Å². The molecule has 0 spiro atoms. The van der Waals surface area contributed by atoms with Crippen molar-refractivity contribution in [3.05, 3.63) is 65.7 Å². The molecule has 0 bridgehead atoms. The first-order valence-electron chi connectivity index (χ1n) is 16.6. The lowest BCUT2D eigenvalue weighted by atomic mass is 10.00. The minimum Gasteiger partial charge on any atom is -0.496 e. The van der Waals surface area contributed by atoms with Crippen LogP contribution in [0.4, 0.5) is 11.4 Å². The molecule has 0 aliphatic carbocycles. The van der Waals surface area contributed by atoms with Crippen molar-refractivity contribution in [2.24, 2.45) is 5.73 Å². The van der Waals surface area contributed by atoms with Gasteiger partial charge in [0.2, 0.25) is 11.8 Å². The Labute approximate surface area is 292 Å². The fourth-order valence-electron chi connectivity index (χ4n) is 5.78. The summed E-state index contributed by atoms with van der Waals surface area (Å²) in [6, 6.07) is 13.8. The fraction of sp³-hybridized carbons (Fsp3) is 0.432. The highest BCUT2D eigenvalue weighted by molar-refractivity contribution is 6.08. The topological polar surface area (TPSA) is 170 Å². The molecule has 1 unspecified atom stereocenters. The number of nitrogens with two attached hydrogens (primary N) is 1. The Morgan fingerprint density at radius 1 is 1.00 bits per heavy atom. The number of anilines is 2. The van der Waals surface area contributed by atoms with Crippen molar-refractivity contribution < 1.29 is 38.2 Å². The molecule has 0 aromatic heterocycles. The normalized spacial score (nSPS) is 15.2. The highest BCUT2D eigenvalue weighted by Crippen LogP contribution is 2.37. The zero-order valence-electron chi connectivity index (χ0n) is 29.5. The van der Waals surface area contributed by atoms with E-state index in [4.69, 9.17) is 19.9 Å². The molecule has 268 valence electrons. The smallest absolute Gasteiger partial charge is 0.337 e. The third kappa shape index (κ3) is 9.16. The summed E-state index contributed by atoms with van der Waals surface area (Å²) < 4.78 is 16.0. The summed E-state index contributed by atoms with van der Waals surface area (Å²) in [5, 5.41) is 7.16. The summed E-state index contributed by atoms with van der Waals surface area (Å²) in [4.78, 5) is 69.5. The Morgan fingerprint density at radius 2 is 1.72 bits per heavy atom. The minimum absolute atomic E-state index is 0.0158. The van der Waals surface area contributed by atoms with Crippen molar-refractivity contribution in [1.82, 2.24) is 10.6 Å². The first kappa shape index (κ1) is 37.8. The van der Waals surface area contributed by atoms with Crippen LogP contribution in [-0.2, 0) is 35.2 Å². The molecule has 2 atom stereocenters. The average Bonchev–Trinajstić information content (AvgIpc) is 3.20. The van der Waals surface area contributed by atoms with Gasteiger partial charge in [-0.25, -0.2) is 4.79 Å². The molecule has 1 heterocycles. The SMILES string of the molecule is COC(=O)c1ccc2c(CN3C(=O)[C@@H](NC(=O)C(C)NCC(=O)OC(C)(C)C)CN(C(=O)CCCCN)c4ccccc43)c(OC)ccc2c1. The Hall–Kier alpha value is -5.01. The van der Waals surface area contributed by atoms with Crippen LogP contribution < -0.4 is 30.9 Å². The van der Waals surface area contributed by atoms with E-state index in [0.717, 1.165) is 10.8 Å². The predicted octanol–water partition coefficient (Wildman–Crippen LogP) is 3.45. The van der Waals surface area contributed by atoms with Gasteiger partial charge in [-0.2, -0.15) is 0 Å². The van der Waals surface area contributed by atoms with Crippen LogP contribution in [0, 0.1) is 0 Å². The van der Waals surface area contributed by atoms with E-state index in [1.54, 1.807) is 76.2 Å². The number of hydrogen-bond donors (Lipinski definition) is 3. The number of benzene rings is 3. The highest BCUT2D eigenvalue weighted by atomic mass is 16.6. The van der Waals surface area contributed by atoms with Gasteiger partial charge in [0, 0.05) is 12.0 Å². The second-order valence-corrected chi connectivity index (χ2v) is 13.1. The number of fused-ring (bicyclic) bond motifs is 2. The van der Waals surface area contributed by atoms with Gasteiger partial charge < -0.3 is 35.1 Å². The monoisotopic (exact) mass is 689 g/mol. The van der Waals surface area contributed by atoms with Gasteiger partial charge in [0.05, 0.1) is 56.8 Å². The number of nitrogens with one attached hydrogen (secondary N) is 2. The Morgan fingerprint density at radius 3 is 2.38 bits per heavy atom. The van der Waals surface area contributed by atoms with Crippen molar-refractivity contribution in [1.29, 1.82) is 0 Å². The van der Waals surface area contributed by atoms with E-state index in [0.29, 0.717) is 47.6 Å². The quantitative estimate of drug-likeness (QED) is 0.179. The zero-order chi connectivity index (χ0) is 36.6. The van der Waals surface area contributed by atoms with Crippen molar-refractivity contribution >= 4 is 51.8 Å². The van der Waals surface area contributed by atoms with Gasteiger partial charge in [-0.3, -0.25) is 24.5 Å². The number of esters is 2. The molecule has 0 saturated carbocycles. The van der Waals surface area contributed by atoms with E-state index in [-0.39, 0.29) is 32.0 Å². The number of para-hydroxylation sites is 2. The van der Waals surface area contributed by atoms with E-state index in [9.17, 15) is 24.0 Å². The van der Waals surface area contributed by atoms with Crippen LogP contribution in [0.2, 0.25) is 0 Å². The van der Waals surface area contributed by atoms with Crippen LogP contribution in [-0.4, -0.2) is 81.2 Å². The number of carbonyl (C=O) groups excluding carboxylic acids is 5. The maximum absolute atomic E-state index is 14.6. The molecule has 50 heavy (non-hydrogen) atoms. The van der Waals surface area contributed by atoms with Crippen LogP contribution in [0.3, 0.4) is 0 Å². The number of hydrogen-bond acceptors (Lipinski definition) is 10. The van der Waals surface area contributed by atoms with Gasteiger partial charge in [0.15, 0.2) is 0 Å². The number of unbranched alkanes of at least 4 members (excludes halogenated alkanes) is 1. The molecule has 3 amide bonds. The second-order valence-electron chi connectivity index (χ2n) is 13.1. The maximum atomic E-state index is 14.6. The lowest BCUT2D eigenvalue weighted by molar-refractivity contribution is -0.153. The van der Waals surface area contributed by atoms with Crippen molar-refractivity contribution in [2.45, 2.75) is 71.2 Å². The van der Waals surface area contributed by atoms with Crippen LogP contribution in [0.5, 0.6) is 5.75 Å². The van der Waals surface area contributed by atoms with Gasteiger partial charge in [-0.1, -0.05) is 24.3 Å². The Balaban J connectivity index is 1.73. The van der Waals surface area contributed by atoms with E-state index < -0.39 is 41.4 Å². The summed E-state index contributed by atoms with van der Waals surface area (Å²) in [7, 11) is 2.84. The first-order valence-corrected chi connectivity index (χ1v) is 16.6. The molecule has 13 nitrogen and oxygen atoms in total. The molecular weight excluding hydrogens is 642 g/mol. The van der Waals surface area contributed by atoms with Crippen LogP contribution in [0.1, 0.15) is 62.9 Å². The van der Waals surface area contributed by atoms with Crippen molar-refractivity contribution in [3.8, 4) is 5.75 Å². The zero-order valence-corrected chi connectivity index (χ0v) is 29.5. The molecule has 4 N–H and O–H groups in total. The summed E-state index contributed by atoms with van der Waals surface area (Å²) in [5.74, 6) is -1.70. The van der Waals surface area contributed by atoms with Crippen LogP contribution in [0.25, 0.3) is 10.8 Å². The molecule has 0 saturated heterocycles. The second kappa shape index (κ2) is 16.6. The van der Waals surface area contributed by atoms with Gasteiger partial charge in [0.1, 0.15) is 17.4 Å². The molecule has 0 radical (unpaired) electrons.